The van der Waals surface area contributed by atoms with Crippen LogP contribution in [0.5, 0.6) is 0 Å². The quantitative estimate of drug-likeness (QED) is 0.599. The van der Waals surface area contributed by atoms with Gasteiger partial charge in [0.25, 0.3) is 0 Å². The summed E-state index contributed by atoms with van der Waals surface area (Å²) >= 11 is 0. The van der Waals surface area contributed by atoms with Crippen LogP contribution in [-0.2, 0) is 27.8 Å². The highest BCUT2D eigenvalue weighted by Gasteiger charge is 2.33. The van der Waals surface area contributed by atoms with Gasteiger partial charge < -0.3 is 16.0 Å². The number of halogens is 3. The highest BCUT2D eigenvalue weighted by Crippen LogP contribution is 2.32. The van der Waals surface area contributed by atoms with Gasteiger partial charge in [0.1, 0.15) is 17.6 Å². The molecule has 1 aliphatic rings. The third-order valence-electron chi connectivity index (χ3n) is 4.51. The first-order valence-corrected chi connectivity index (χ1v) is 9.95. The van der Waals surface area contributed by atoms with Crippen molar-refractivity contribution >= 4 is 26.9 Å². The molecule has 8 nitrogen and oxygen atoms in total. The zero-order valence-corrected chi connectivity index (χ0v) is 16.6. The molecule has 0 saturated carbocycles. The molecule has 3 rings (SSSR count). The van der Waals surface area contributed by atoms with Crippen LogP contribution in [0.25, 0.3) is 11.3 Å². The van der Waals surface area contributed by atoms with Gasteiger partial charge in [0.05, 0.1) is 10.6 Å². The van der Waals surface area contributed by atoms with Gasteiger partial charge in [-0.2, -0.15) is 21.6 Å². The van der Waals surface area contributed by atoms with Crippen LogP contribution in [0.2, 0.25) is 0 Å². The largest absolute Gasteiger partial charge is 0.433 e. The molecular formula is C18H18F3N5O3S. The van der Waals surface area contributed by atoms with Gasteiger partial charge in [-0.25, -0.2) is 4.98 Å². The second-order valence-corrected chi connectivity index (χ2v) is 7.44. The van der Waals surface area contributed by atoms with Gasteiger partial charge in [-0.05, 0) is 36.2 Å². The topological polar surface area (TPSA) is 113 Å². The number of rotatable bonds is 5. The van der Waals surface area contributed by atoms with Crippen molar-refractivity contribution in [3.8, 4) is 11.3 Å². The van der Waals surface area contributed by atoms with Gasteiger partial charge in [0.2, 0.25) is 16.2 Å². The van der Waals surface area contributed by atoms with E-state index >= 15 is 0 Å². The number of carbonyl (C=O) groups excluding carboxylic acids is 1. The van der Waals surface area contributed by atoms with Crippen LogP contribution in [0.15, 0.2) is 30.5 Å². The minimum absolute atomic E-state index is 0.0193. The first kappa shape index (κ1) is 21.7. The molecular weight excluding hydrogens is 423 g/mol. The summed E-state index contributed by atoms with van der Waals surface area (Å²) in [7, 11) is -0.984. The van der Waals surface area contributed by atoms with E-state index in [-0.39, 0.29) is 23.6 Å². The Kier molecular flexibility index (Phi) is 6.37. The standard InChI is InChI=1S/C18H18F3N5O3S/c1-22-16-11(2-3-14(26-16)18(19,20)21)12-8-10(4-6-23-12)9-25-17(27)15-13(30(28)29)5-7-24-15/h2-4,6,8,15,24H,5,7,9H2,1H3,(H,22,26)(H,25,27). The van der Waals surface area contributed by atoms with Gasteiger partial charge in [0.15, 0.2) is 0 Å². The summed E-state index contributed by atoms with van der Waals surface area (Å²) in [6.45, 7) is 0.489. The van der Waals surface area contributed by atoms with Crippen molar-refractivity contribution in [1.29, 1.82) is 0 Å². The molecule has 0 aliphatic carbocycles. The van der Waals surface area contributed by atoms with E-state index in [0.29, 0.717) is 23.4 Å². The van der Waals surface area contributed by atoms with Crippen molar-refractivity contribution in [3.05, 3.63) is 41.7 Å². The zero-order valence-electron chi connectivity index (χ0n) is 15.7. The lowest BCUT2D eigenvalue weighted by atomic mass is 10.1. The first-order valence-electron chi connectivity index (χ1n) is 8.88. The lowest BCUT2D eigenvalue weighted by Gasteiger charge is -2.13. The normalized spacial score (nSPS) is 16.4. The van der Waals surface area contributed by atoms with E-state index < -0.39 is 34.1 Å². The Labute approximate surface area is 171 Å². The van der Waals surface area contributed by atoms with Crippen LogP contribution in [0.4, 0.5) is 19.0 Å². The SMILES string of the molecule is CNc1nc(C(F)(F)F)ccc1-c1cc(CNC(=O)C2NCCC2=S(=O)=O)ccn1. The third-order valence-corrected chi connectivity index (χ3v) is 5.38. The number of aromatic nitrogens is 2. The summed E-state index contributed by atoms with van der Waals surface area (Å²) in [6, 6.07) is 4.50. The highest BCUT2D eigenvalue weighted by molar-refractivity contribution is 7.73. The van der Waals surface area contributed by atoms with Crippen molar-refractivity contribution in [2.75, 3.05) is 18.9 Å². The summed E-state index contributed by atoms with van der Waals surface area (Å²) in [4.78, 5) is 20.2. The van der Waals surface area contributed by atoms with Crippen LogP contribution in [0.1, 0.15) is 17.7 Å². The molecule has 30 heavy (non-hydrogen) atoms. The molecule has 2 aromatic heterocycles. The smallest absolute Gasteiger partial charge is 0.373 e. The lowest BCUT2D eigenvalue weighted by Crippen LogP contribution is -2.44. The Balaban J connectivity index is 1.79. The number of amides is 1. The summed E-state index contributed by atoms with van der Waals surface area (Å²) < 4.78 is 61.1. The zero-order chi connectivity index (χ0) is 21.9. The predicted octanol–water partition coefficient (Wildman–Crippen LogP) is 1.23. The molecule has 2 aromatic rings. The summed E-state index contributed by atoms with van der Waals surface area (Å²) in [5, 5.41) is 8.13. The van der Waals surface area contributed by atoms with Gasteiger partial charge >= 0.3 is 6.18 Å². The number of nitrogens with zero attached hydrogens (tertiary/aromatic N) is 2. The maximum atomic E-state index is 12.9. The van der Waals surface area contributed by atoms with Crippen LogP contribution < -0.4 is 16.0 Å². The van der Waals surface area contributed by atoms with E-state index in [0.717, 1.165) is 6.07 Å². The van der Waals surface area contributed by atoms with Gasteiger partial charge in [-0.3, -0.25) is 9.78 Å². The molecule has 12 heteroatoms. The van der Waals surface area contributed by atoms with Crippen molar-refractivity contribution < 1.29 is 26.4 Å². The minimum Gasteiger partial charge on any atom is -0.373 e. The predicted molar refractivity (Wildman–Crippen MR) is 104 cm³/mol. The van der Waals surface area contributed by atoms with E-state index in [4.69, 9.17) is 0 Å². The second-order valence-electron chi connectivity index (χ2n) is 6.45. The number of hydrogen-bond donors (Lipinski definition) is 3. The van der Waals surface area contributed by atoms with Gasteiger partial charge in [0, 0.05) is 31.9 Å². The maximum absolute atomic E-state index is 12.9. The average Bonchev–Trinajstić information content (AvgIpc) is 3.21. The van der Waals surface area contributed by atoms with Crippen molar-refractivity contribution in [1.82, 2.24) is 20.6 Å². The fourth-order valence-corrected chi connectivity index (χ4v) is 3.70. The fourth-order valence-electron chi connectivity index (χ4n) is 3.05. The van der Waals surface area contributed by atoms with E-state index in [1.54, 1.807) is 12.1 Å². The Morgan fingerprint density at radius 2 is 2.07 bits per heavy atom. The van der Waals surface area contributed by atoms with Crippen molar-refractivity contribution in [2.45, 2.75) is 25.2 Å². The fraction of sp³-hybridized carbons (Fsp3) is 0.333. The van der Waals surface area contributed by atoms with E-state index in [9.17, 15) is 26.4 Å². The molecule has 1 unspecified atom stereocenters. The van der Waals surface area contributed by atoms with Gasteiger partial charge in [-0.15, -0.1) is 0 Å². The van der Waals surface area contributed by atoms with Gasteiger partial charge in [-0.1, -0.05) is 0 Å². The van der Waals surface area contributed by atoms with E-state index in [2.05, 4.69) is 25.9 Å². The second kappa shape index (κ2) is 8.79. The molecule has 1 saturated heterocycles. The summed E-state index contributed by atoms with van der Waals surface area (Å²) in [6.07, 6.45) is -2.82. The van der Waals surface area contributed by atoms with E-state index in [1.807, 2.05) is 0 Å². The number of nitrogens with one attached hydrogen (secondary N) is 3. The van der Waals surface area contributed by atoms with E-state index in [1.165, 1.54) is 19.3 Å². The number of hydrogen-bond acceptors (Lipinski definition) is 7. The molecule has 0 spiro atoms. The minimum atomic E-state index is -4.57. The number of pyridine rings is 2. The molecule has 160 valence electrons. The molecule has 0 aromatic carbocycles. The third kappa shape index (κ3) is 4.76. The molecule has 3 N–H and O–H groups in total. The lowest BCUT2D eigenvalue weighted by molar-refractivity contribution is -0.141. The van der Waals surface area contributed by atoms with Crippen LogP contribution in [-0.4, -0.2) is 48.8 Å². The Bertz CT molecular complexity index is 1090. The first-order chi connectivity index (χ1) is 14.2. The van der Waals surface area contributed by atoms with Crippen molar-refractivity contribution in [2.24, 2.45) is 0 Å². The maximum Gasteiger partial charge on any atom is 0.433 e. The Hall–Kier alpha value is -2.99. The molecule has 0 bridgehead atoms. The number of anilines is 1. The van der Waals surface area contributed by atoms with Crippen LogP contribution in [0.3, 0.4) is 0 Å². The summed E-state index contributed by atoms with van der Waals surface area (Å²) in [5.74, 6) is -0.456. The molecule has 1 fully saturated rings. The number of carbonyl (C=O) groups is 1. The molecule has 1 amide bonds. The van der Waals surface area contributed by atoms with Crippen LogP contribution >= 0.6 is 0 Å². The number of alkyl halides is 3. The van der Waals surface area contributed by atoms with Crippen molar-refractivity contribution in [3.63, 3.8) is 0 Å². The Morgan fingerprint density at radius 3 is 2.73 bits per heavy atom. The molecule has 0 radical (unpaired) electrons. The molecule has 1 atom stereocenters. The monoisotopic (exact) mass is 441 g/mol. The molecule has 1 aliphatic heterocycles. The molecule has 3 heterocycles. The Morgan fingerprint density at radius 1 is 1.30 bits per heavy atom. The summed E-state index contributed by atoms with van der Waals surface area (Å²) in [5.41, 5.74) is 0.358. The highest BCUT2D eigenvalue weighted by atomic mass is 32.2. The van der Waals surface area contributed by atoms with Crippen LogP contribution in [0, 0.1) is 0 Å². The average molecular weight is 441 g/mol.